The molecule has 26 heavy (non-hydrogen) atoms. The molecular weight excluding hydrogens is 354 g/mol. The third-order valence-electron chi connectivity index (χ3n) is 4.73. The summed E-state index contributed by atoms with van der Waals surface area (Å²) >= 11 is 6.04. The number of aryl methyl sites for hydroxylation is 1. The van der Waals surface area contributed by atoms with Gasteiger partial charge in [-0.25, -0.2) is 9.78 Å². The zero-order chi connectivity index (χ0) is 18.9. The van der Waals surface area contributed by atoms with Crippen LogP contribution in [0.3, 0.4) is 0 Å². The minimum absolute atomic E-state index is 0.0385. The fourth-order valence-electron chi connectivity index (χ4n) is 3.63. The van der Waals surface area contributed by atoms with Gasteiger partial charge in [0.25, 0.3) is 0 Å². The highest BCUT2D eigenvalue weighted by Gasteiger charge is 2.35. The molecule has 3 rings (SSSR count). The summed E-state index contributed by atoms with van der Waals surface area (Å²) in [4.78, 5) is 30.7. The van der Waals surface area contributed by atoms with Crippen LogP contribution >= 0.6 is 11.6 Å². The third kappa shape index (κ3) is 4.47. The third-order valence-corrected chi connectivity index (χ3v) is 4.94. The van der Waals surface area contributed by atoms with E-state index in [1.807, 2.05) is 26.8 Å². The quantitative estimate of drug-likeness (QED) is 0.814. The Morgan fingerprint density at radius 1 is 1.35 bits per heavy atom. The van der Waals surface area contributed by atoms with Crippen molar-refractivity contribution >= 4 is 23.6 Å². The predicted molar refractivity (Wildman–Crippen MR) is 99.0 cm³/mol. The topological polar surface area (TPSA) is 71.5 Å². The van der Waals surface area contributed by atoms with Crippen molar-refractivity contribution in [2.75, 3.05) is 6.54 Å². The molecule has 1 aliphatic carbocycles. The largest absolute Gasteiger partial charge is 0.444 e. The summed E-state index contributed by atoms with van der Waals surface area (Å²) in [6, 6.07) is 3.57. The number of ether oxygens (including phenoxy) is 1. The highest BCUT2D eigenvalue weighted by molar-refractivity contribution is 6.29. The van der Waals surface area contributed by atoms with Crippen LogP contribution in [0.15, 0.2) is 12.1 Å². The molecule has 6 nitrogen and oxygen atoms in total. The molecular formula is C19H26ClN3O3. The Balaban J connectivity index is 1.88. The first-order chi connectivity index (χ1) is 12.2. The van der Waals surface area contributed by atoms with Gasteiger partial charge in [0.05, 0.1) is 6.04 Å². The van der Waals surface area contributed by atoms with E-state index in [-0.39, 0.29) is 24.1 Å². The Bertz CT molecular complexity index is 702. The summed E-state index contributed by atoms with van der Waals surface area (Å²) in [6.45, 7) is 6.01. The van der Waals surface area contributed by atoms with Crippen LogP contribution in [-0.4, -0.2) is 40.1 Å². The highest BCUT2D eigenvalue weighted by atomic mass is 35.5. The molecule has 1 aromatic rings. The first-order valence-electron chi connectivity index (χ1n) is 9.17. The predicted octanol–water partition coefficient (Wildman–Crippen LogP) is 3.63. The molecule has 1 N–H and O–H groups in total. The molecule has 7 heteroatoms. The summed E-state index contributed by atoms with van der Waals surface area (Å²) in [5.74, 6) is 0.0385. The fourth-order valence-corrected chi connectivity index (χ4v) is 3.80. The number of amides is 2. The second kappa shape index (κ2) is 7.43. The fraction of sp³-hybridized carbons (Fsp3) is 0.632. The first-order valence-corrected chi connectivity index (χ1v) is 9.55. The lowest BCUT2D eigenvalue weighted by atomic mass is 9.90. The highest BCUT2D eigenvalue weighted by Crippen LogP contribution is 2.35. The minimum atomic E-state index is -0.579. The van der Waals surface area contributed by atoms with Crippen LogP contribution in [0.1, 0.15) is 63.8 Å². The van der Waals surface area contributed by atoms with Crippen LogP contribution in [-0.2, 0) is 16.0 Å². The van der Waals surface area contributed by atoms with Crippen molar-refractivity contribution in [2.24, 2.45) is 0 Å². The van der Waals surface area contributed by atoms with Crippen molar-refractivity contribution < 1.29 is 14.3 Å². The van der Waals surface area contributed by atoms with E-state index in [4.69, 9.17) is 16.3 Å². The van der Waals surface area contributed by atoms with Gasteiger partial charge in [-0.15, -0.1) is 0 Å². The molecule has 1 aromatic heterocycles. The summed E-state index contributed by atoms with van der Waals surface area (Å²) in [7, 11) is 0. The normalized spacial score (nSPS) is 22.5. The van der Waals surface area contributed by atoms with Gasteiger partial charge in [0.2, 0.25) is 5.91 Å². The molecule has 1 unspecified atom stereocenters. The van der Waals surface area contributed by atoms with E-state index >= 15 is 0 Å². The number of carbonyl (C=O) groups is 2. The molecule has 1 aliphatic heterocycles. The van der Waals surface area contributed by atoms with E-state index in [9.17, 15) is 9.59 Å². The molecule has 142 valence electrons. The second-order valence-corrected chi connectivity index (χ2v) is 8.40. The monoisotopic (exact) mass is 379 g/mol. The van der Waals surface area contributed by atoms with Gasteiger partial charge in [-0.3, -0.25) is 9.69 Å². The number of nitrogens with zero attached hydrogens (tertiary/aromatic N) is 2. The van der Waals surface area contributed by atoms with Gasteiger partial charge in [-0.05, 0) is 58.1 Å². The standard InChI is InChI=1S/C19H26ClN3O3/c1-19(2,3)26-18(25)23(11-12-7-10-17(24)21-12)15-6-4-5-14-13(15)8-9-16(20)22-14/h8-9,12,15H,4-7,10-11H2,1-3H3,(H,21,24)/t12-,15?/m0/s1. The molecule has 1 fully saturated rings. The summed E-state index contributed by atoms with van der Waals surface area (Å²) in [5.41, 5.74) is 1.39. The van der Waals surface area contributed by atoms with Crippen molar-refractivity contribution in [1.29, 1.82) is 0 Å². The second-order valence-electron chi connectivity index (χ2n) is 8.01. The molecule has 2 amide bonds. The van der Waals surface area contributed by atoms with Crippen molar-refractivity contribution in [3.63, 3.8) is 0 Å². The number of nitrogens with one attached hydrogen (secondary N) is 1. The molecule has 0 aromatic carbocycles. The number of fused-ring (bicyclic) bond motifs is 1. The van der Waals surface area contributed by atoms with Crippen LogP contribution < -0.4 is 5.32 Å². The Kier molecular flexibility index (Phi) is 5.42. The average Bonchev–Trinajstić information content (AvgIpc) is 2.95. The van der Waals surface area contributed by atoms with Crippen molar-refractivity contribution in [2.45, 2.75) is 70.6 Å². The number of halogens is 1. The van der Waals surface area contributed by atoms with E-state index in [1.54, 1.807) is 11.0 Å². The van der Waals surface area contributed by atoms with E-state index in [0.717, 1.165) is 36.9 Å². The number of carbonyl (C=O) groups excluding carboxylic acids is 2. The van der Waals surface area contributed by atoms with Gasteiger partial charge in [-0.1, -0.05) is 17.7 Å². The number of hydrogen-bond acceptors (Lipinski definition) is 4. The number of hydrogen-bond donors (Lipinski definition) is 1. The van der Waals surface area contributed by atoms with Crippen LogP contribution in [0.5, 0.6) is 0 Å². The Labute approximate surface area is 159 Å². The summed E-state index contributed by atoms with van der Waals surface area (Å²) in [6.07, 6.45) is 3.51. The van der Waals surface area contributed by atoms with E-state index in [2.05, 4.69) is 10.3 Å². The van der Waals surface area contributed by atoms with Crippen molar-refractivity contribution in [1.82, 2.24) is 15.2 Å². The summed E-state index contributed by atoms with van der Waals surface area (Å²) < 4.78 is 5.66. The molecule has 1 saturated heterocycles. The van der Waals surface area contributed by atoms with Crippen LogP contribution in [0, 0.1) is 0 Å². The molecule has 0 spiro atoms. The molecule has 0 radical (unpaired) electrons. The van der Waals surface area contributed by atoms with Gasteiger partial charge in [-0.2, -0.15) is 0 Å². The number of aromatic nitrogens is 1. The van der Waals surface area contributed by atoms with Crippen molar-refractivity contribution in [3.05, 3.63) is 28.5 Å². The van der Waals surface area contributed by atoms with Gasteiger partial charge in [0.1, 0.15) is 10.8 Å². The maximum atomic E-state index is 12.9. The Hall–Kier alpha value is -1.82. The average molecular weight is 380 g/mol. The van der Waals surface area contributed by atoms with E-state index < -0.39 is 5.60 Å². The maximum Gasteiger partial charge on any atom is 0.410 e. The van der Waals surface area contributed by atoms with E-state index in [0.29, 0.717) is 18.1 Å². The smallest absolute Gasteiger partial charge is 0.410 e. The Morgan fingerprint density at radius 3 is 2.77 bits per heavy atom. The van der Waals surface area contributed by atoms with Gasteiger partial charge in [0.15, 0.2) is 0 Å². The number of pyridine rings is 1. The van der Waals surface area contributed by atoms with Crippen LogP contribution in [0.2, 0.25) is 5.15 Å². The molecule has 0 saturated carbocycles. The lowest BCUT2D eigenvalue weighted by Crippen LogP contribution is -2.46. The van der Waals surface area contributed by atoms with Crippen molar-refractivity contribution in [3.8, 4) is 0 Å². The molecule has 2 atom stereocenters. The van der Waals surface area contributed by atoms with E-state index in [1.165, 1.54) is 0 Å². The minimum Gasteiger partial charge on any atom is -0.444 e. The first kappa shape index (κ1) is 19.0. The maximum absolute atomic E-state index is 12.9. The van der Waals surface area contributed by atoms with Crippen LogP contribution in [0.25, 0.3) is 0 Å². The van der Waals surface area contributed by atoms with Gasteiger partial charge >= 0.3 is 6.09 Å². The number of rotatable bonds is 3. The zero-order valence-electron chi connectivity index (χ0n) is 15.5. The van der Waals surface area contributed by atoms with Crippen LogP contribution in [0.4, 0.5) is 4.79 Å². The molecule has 2 heterocycles. The SMILES string of the molecule is CC(C)(C)OC(=O)N(C[C@@H]1CCC(=O)N1)C1CCCc2nc(Cl)ccc21. The Morgan fingerprint density at radius 2 is 2.12 bits per heavy atom. The lowest BCUT2D eigenvalue weighted by Gasteiger charge is -2.37. The van der Waals surface area contributed by atoms with Gasteiger partial charge in [0, 0.05) is 24.7 Å². The molecule has 0 bridgehead atoms. The summed E-state index contributed by atoms with van der Waals surface area (Å²) in [5, 5.41) is 3.42. The zero-order valence-corrected chi connectivity index (χ0v) is 16.3. The lowest BCUT2D eigenvalue weighted by molar-refractivity contribution is -0.119. The molecule has 2 aliphatic rings. The van der Waals surface area contributed by atoms with Gasteiger partial charge < -0.3 is 10.1 Å².